The van der Waals surface area contributed by atoms with Gasteiger partial charge in [0.1, 0.15) is 0 Å². The van der Waals surface area contributed by atoms with Crippen LogP contribution in [0.5, 0.6) is 0 Å². The lowest BCUT2D eigenvalue weighted by molar-refractivity contribution is 0.871. The van der Waals surface area contributed by atoms with Gasteiger partial charge in [0.2, 0.25) is 4.77 Å². The molecule has 7 heteroatoms. The first-order valence-electron chi connectivity index (χ1n) is 6.80. The van der Waals surface area contributed by atoms with Crippen LogP contribution in [0.1, 0.15) is 5.56 Å². The number of H-pyrrole nitrogens is 1. The molecule has 0 saturated heterocycles. The molecule has 0 unspecified atom stereocenters. The van der Waals surface area contributed by atoms with Crippen molar-refractivity contribution in [2.45, 2.75) is 4.90 Å². The fourth-order valence-electron chi connectivity index (χ4n) is 2.03. The minimum Gasteiger partial charge on any atom is -0.250 e. The van der Waals surface area contributed by atoms with Crippen LogP contribution in [0, 0.1) is 4.77 Å². The molecule has 0 amide bonds. The average Bonchev–Trinajstić information content (AvgIpc) is 2.94. The Hall–Kier alpha value is -1.89. The predicted molar refractivity (Wildman–Crippen MR) is 99.1 cm³/mol. The van der Waals surface area contributed by atoms with Crippen molar-refractivity contribution in [3.8, 4) is 11.4 Å². The number of halogens is 1. The lowest BCUT2D eigenvalue weighted by Crippen LogP contribution is -1.95. The highest BCUT2D eigenvalue weighted by molar-refractivity contribution is 7.98. The largest absolute Gasteiger partial charge is 0.250 e. The summed E-state index contributed by atoms with van der Waals surface area (Å²) in [7, 11) is 0. The zero-order valence-electron chi connectivity index (χ0n) is 12.2. The summed E-state index contributed by atoms with van der Waals surface area (Å²) in [5.74, 6) is 0.581. The minimum atomic E-state index is 0.414. The predicted octanol–water partition coefficient (Wildman–Crippen LogP) is 4.87. The maximum atomic E-state index is 6.24. The van der Waals surface area contributed by atoms with E-state index < -0.39 is 0 Å². The summed E-state index contributed by atoms with van der Waals surface area (Å²) in [5, 5.41) is 12.0. The Morgan fingerprint density at radius 3 is 2.65 bits per heavy atom. The van der Waals surface area contributed by atoms with Crippen molar-refractivity contribution < 1.29 is 0 Å². The van der Waals surface area contributed by atoms with Gasteiger partial charge in [-0.2, -0.15) is 14.9 Å². The summed E-state index contributed by atoms with van der Waals surface area (Å²) < 4.78 is 1.98. The second-order valence-electron chi connectivity index (χ2n) is 4.66. The Balaban J connectivity index is 1.97. The molecular formula is C16H13ClN4S2. The van der Waals surface area contributed by atoms with Crippen LogP contribution in [0.4, 0.5) is 0 Å². The number of nitrogens with one attached hydrogen (secondary N) is 1. The molecule has 0 aliphatic carbocycles. The smallest absolute Gasteiger partial charge is 0.216 e. The highest BCUT2D eigenvalue weighted by Gasteiger charge is 2.11. The molecule has 0 saturated carbocycles. The molecule has 0 atom stereocenters. The number of nitrogens with zero attached hydrogens (tertiary/aromatic N) is 3. The molecular weight excluding hydrogens is 348 g/mol. The highest BCUT2D eigenvalue weighted by Crippen LogP contribution is 2.25. The third-order valence-electron chi connectivity index (χ3n) is 3.20. The second kappa shape index (κ2) is 7.12. The van der Waals surface area contributed by atoms with Gasteiger partial charge in [-0.05, 0) is 48.3 Å². The summed E-state index contributed by atoms with van der Waals surface area (Å²) in [6.07, 6.45) is 3.79. The zero-order valence-corrected chi connectivity index (χ0v) is 14.6. The molecule has 0 aliphatic rings. The first kappa shape index (κ1) is 16.0. The van der Waals surface area contributed by atoms with Gasteiger partial charge in [0.25, 0.3) is 0 Å². The fourth-order valence-corrected chi connectivity index (χ4v) is 2.84. The van der Waals surface area contributed by atoms with Gasteiger partial charge in [-0.1, -0.05) is 35.9 Å². The first-order valence-corrected chi connectivity index (χ1v) is 8.81. The third-order valence-corrected chi connectivity index (χ3v) is 4.54. The Kier molecular flexibility index (Phi) is 4.95. The van der Waals surface area contributed by atoms with E-state index in [0.29, 0.717) is 15.6 Å². The number of benzene rings is 2. The van der Waals surface area contributed by atoms with Gasteiger partial charge in [-0.15, -0.1) is 11.8 Å². The highest BCUT2D eigenvalue weighted by atomic mass is 35.5. The van der Waals surface area contributed by atoms with Crippen molar-refractivity contribution in [1.82, 2.24) is 14.9 Å². The summed E-state index contributed by atoms with van der Waals surface area (Å²) in [6, 6.07) is 15.6. The van der Waals surface area contributed by atoms with E-state index in [9.17, 15) is 0 Å². The lowest BCUT2D eigenvalue weighted by Gasteiger charge is -2.03. The molecule has 1 N–H and O–H groups in total. The monoisotopic (exact) mass is 360 g/mol. The number of thioether (sulfide) groups is 1. The molecule has 1 aromatic heterocycles. The van der Waals surface area contributed by atoms with Crippen LogP contribution in [-0.2, 0) is 0 Å². The maximum absolute atomic E-state index is 6.24. The minimum absolute atomic E-state index is 0.414. The van der Waals surface area contributed by atoms with Gasteiger partial charge in [-0.3, -0.25) is 0 Å². The Morgan fingerprint density at radius 2 is 1.96 bits per heavy atom. The fraction of sp³-hybridized carbons (Fsp3) is 0.0625. The van der Waals surface area contributed by atoms with Crippen LogP contribution in [0.3, 0.4) is 0 Å². The van der Waals surface area contributed by atoms with Gasteiger partial charge in [-0.25, -0.2) is 5.10 Å². The van der Waals surface area contributed by atoms with Crippen LogP contribution in [0.2, 0.25) is 5.02 Å². The molecule has 0 bridgehead atoms. The van der Waals surface area contributed by atoms with E-state index in [0.717, 1.165) is 11.1 Å². The van der Waals surface area contributed by atoms with Crippen molar-refractivity contribution in [2.75, 3.05) is 6.26 Å². The standard InChI is InChI=1S/C16H13ClN4S2/c1-23-12-8-6-11(7-9-12)10-18-21-15(19-20-16(21)22)13-4-2-3-5-14(13)17/h2-10H,1H3,(H,20,22)/b18-10-. The molecule has 0 aliphatic heterocycles. The first-order chi connectivity index (χ1) is 11.2. The molecule has 2 aromatic carbocycles. The van der Waals surface area contributed by atoms with Crippen LogP contribution < -0.4 is 0 Å². The van der Waals surface area contributed by atoms with Crippen LogP contribution in [-0.4, -0.2) is 27.3 Å². The van der Waals surface area contributed by atoms with E-state index in [1.54, 1.807) is 22.7 Å². The van der Waals surface area contributed by atoms with Gasteiger partial charge in [0, 0.05) is 10.5 Å². The quantitative estimate of drug-likeness (QED) is 0.410. The molecule has 23 heavy (non-hydrogen) atoms. The number of aromatic amines is 1. The topological polar surface area (TPSA) is 46.0 Å². The SMILES string of the molecule is CSc1ccc(/C=N\n2c(-c3ccccc3Cl)n[nH]c2=S)cc1. The molecule has 3 aromatic rings. The van der Waals surface area contributed by atoms with Gasteiger partial charge >= 0.3 is 0 Å². The van der Waals surface area contributed by atoms with Crippen molar-refractivity contribution in [2.24, 2.45) is 5.10 Å². The molecule has 116 valence electrons. The van der Waals surface area contributed by atoms with Gasteiger partial charge in [0.05, 0.1) is 11.2 Å². The Labute approximate surface area is 148 Å². The van der Waals surface area contributed by atoms with Crippen LogP contribution >= 0.6 is 35.6 Å². The van der Waals surface area contributed by atoms with Crippen LogP contribution in [0.15, 0.2) is 58.5 Å². The number of rotatable bonds is 4. The van der Waals surface area contributed by atoms with Crippen molar-refractivity contribution >= 4 is 41.8 Å². The molecule has 3 rings (SSSR count). The van der Waals surface area contributed by atoms with E-state index in [1.807, 2.05) is 42.7 Å². The van der Waals surface area contributed by atoms with Crippen molar-refractivity contribution in [3.05, 3.63) is 63.9 Å². The summed E-state index contributed by atoms with van der Waals surface area (Å²) in [4.78, 5) is 1.21. The van der Waals surface area contributed by atoms with E-state index >= 15 is 0 Å². The number of hydrogen-bond acceptors (Lipinski definition) is 4. The second-order valence-corrected chi connectivity index (χ2v) is 6.34. The van der Waals surface area contributed by atoms with E-state index in [2.05, 4.69) is 27.4 Å². The summed E-state index contributed by atoms with van der Waals surface area (Å²) in [5.41, 5.74) is 1.76. The third kappa shape index (κ3) is 3.55. The Morgan fingerprint density at radius 1 is 1.22 bits per heavy atom. The van der Waals surface area contributed by atoms with Crippen LogP contribution in [0.25, 0.3) is 11.4 Å². The van der Waals surface area contributed by atoms with Crippen molar-refractivity contribution in [3.63, 3.8) is 0 Å². The Bertz CT molecular complexity index is 897. The number of aromatic nitrogens is 3. The molecule has 0 spiro atoms. The normalized spacial score (nSPS) is 11.2. The summed E-state index contributed by atoms with van der Waals surface area (Å²) >= 11 is 13.2. The number of hydrogen-bond donors (Lipinski definition) is 1. The lowest BCUT2D eigenvalue weighted by atomic mass is 10.2. The molecule has 0 fully saturated rings. The summed E-state index contributed by atoms with van der Waals surface area (Å²) in [6.45, 7) is 0. The van der Waals surface area contributed by atoms with E-state index in [-0.39, 0.29) is 0 Å². The van der Waals surface area contributed by atoms with Gasteiger partial charge in [0.15, 0.2) is 5.82 Å². The zero-order chi connectivity index (χ0) is 16.2. The van der Waals surface area contributed by atoms with Crippen molar-refractivity contribution in [1.29, 1.82) is 0 Å². The maximum Gasteiger partial charge on any atom is 0.216 e. The van der Waals surface area contributed by atoms with E-state index in [1.165, 1.54) is 4.90 Å². The molecule has 4 nitrogen and oxygen atoms in total. The average molecular weight is 361 g/mol. The van der Waals surface area contributed by atoms with E-state index in [4.69, 9.17) is 23.8 Å². The molecule has 0 radical (unpaired) electrons. The van der Waals surface area contributed by atoms with Gasteiger partial charge < -0.3 is 0 Å². The molecule has 1 heterocycles.